The van der Waals surface area contributed by atoms with Crippen LogP contribution in [0.15, 0.2) is 12.1 Å². The second-order valence-corrected chi connectivity index (χ2v) is 3.98. The number of ether oxygens (including phenoxy) is 1. The van der Waals surface area contributed by atoms with Crippen molar-refractivity contribution in [2.24, 2.45) is 5.73 Å². The van der Waals surface area contributed by atoms with Gasteiger partial charge in [0.25, 0.3) is 0 Å². The lowest BCUT2D eigenvalue weighted by molar-refractivity contribution is 0.398. The summed E-state index contributed by atoms with van der Waals surface area (Å²) in [5, 5.41) is 0. The summed E-state index contributed by atoms with van der Waals surface area (Å²) in [4.78, 5) is 0. The number of fused-ring (bicyclic) bond motifs is 1. The van der Waals surface area contributed by atoms with Crippen molar-refractivity contribution in [1.29, 1.82) is 0 Å². The van der Waals surface area contributed by atoms with Crippen molar-refractivity contribution < 1.29 is 4.74 Å². The molecule has 76 valence electrons. The molecule has 0 bridgehead atoms. The fourth-order valence-corrected chi connectivity index (χ4v) is 2.31. The third-order valence-electron chi connectivity index (χ3n) is 3.08. The summed E-state index contributed by atoms with van der Waals surface area (Å²) in [5.41, 5.74) is 10.1. The second-order valence-electron chi connectivity index (χ2n) is 3.98. The number of methoxy groups -OCH3 is 1. The number of aryl methyl sites for hydroxylation is 1. The van der Waals surface area contributed by atoms with Gasteiger partial charge in [0.05, 0.1) is 7.11 Å². The molecule has 0 aliphatic heterocycles. The van der Waals surface area contributed by atoms with Gasteiger partial charge in [0.1, 0.15) is 5.75 Å². The Morgan fingerprint density at radius 1 is 1.43 bits per heavy atom. The topological polar surface area (TPSA) is 35.2 Å². The number of rotatable bonds is 1. The zero-order valence-corrected chi connectivity index (χ0v) is 8.84. The molecule has 0 amide bonds. The zero-order valence-electron chi connectivity index (χ0n) is 8.84. The van der Waals surface area contributed by atoms with E-state index in [-0.39, 0.29) is 6.04 Å². The van der Waals surface area contributed by atoms with Gasteiger partial charge >= 0.3 is 0 Å². The van der Waals surface area contributed by atoms with Crippen LogP contribution in [-0.2, 0) is 6.42 Å². The molecule has 1 atom stereocenters. The van der Waals surface area contributed by atoms with Crippen molar-refractivity contribution in [3.8, 4) is 5.75 Å². The van der Waals surface area contributed by atoms with Crippen LogP contribution < -0.4 is 10.5 Å². The number of hydrogen-bond acceptors (Lipinski definition) is 2. The van der Waals surface area contributed by atoms with Crippen molar-refractivity contribution in [2.75, 3.05) is 7.11 Å². The monoisotopic (exact) mass is 191 g/mol. The molecule has 2 rings (SSSR count). The molecule has 0 spiro atoms. The SMILES string of the molecule is COc1ccc(C)c2c1[C@H](N)CCC2. The van der Waals surface area contributed by atoms with Gasteiger partial charge in [-0.05, 0) is 43.4 Å². The minimum Gasteiger partial charge on any atom is -0.496 e. The minimum absolute atomic E-state index is 0.161. The summed E-state index contributed by atoms with van der Waals surface area (Å²) in [6.45, 7) is 2.15. The van der Waals surface area contributed by atoms with Crippen LogP contribution >= 0.6 is 0 Å². The Hall–Kier alpha value is -1.02. The maximum absolute atomic E-state index is 6.11. The minimum atomic E-state index is 0.161. The van der Waals surface area contributed by atoms with Gasteiger partial charge in [-0.25, -0.2) is 0 Å². The fourth-order valence-electron chi connectivity index (χ4n) is 2.31. The van der Waals surface area contributed by atoms with Crippen LogP contribution in [0.2, 0.25) is 0 Å². The molecule has 1 aromatic carbocycles. The molecular formula is C12H17NO. The zero-order chi connectivity index (χ0) is 10.1. The summed E-state index contributed by atoms with van der Waals surface area (Å²) in [6, 6.07) is 4.31. The fraction of sp³-hybridized carbons (Fsp3) is 0.500. The van der Waals surface area contributed by atoms with Crippen molar-refractivity contribution in [3.63, 3.8) is 0 Å². The highest BCUT2D eigenvalue weighted by molar-refractivity contribution is 5.47. The van der Waals surface area contributed by atoms with Crippen molar-refractivity contribution in [3.05, 3.63) is 28.8 Å². The first-order valence-corrected chi connectivity index (χ1v) is 5.16. The normalized spacial score (nSPS) is 20.4. The summed E-state index contributed by atoms with van der Waals surface area (Å²) < 4.78 is 5.36. The predicted molar refractivity (Wildman–Crippen MR) is 57.6 cm³/mol. The van der Waals surface area contributed by atoms with E-state index in [4.69, 9.17) is 10.5 Å². The molecule has 14 heavy (non-hydrogen) atoms. The van der Waals surface area contributed by atoms with Gasteiger partial charge in [-0.15, -0.1) is 0 Å². The Bertz CT molecular complexity index is 346. The summed E-state index contributed by atoms with van der Waals surface area (Å²) in [5.74, 6) is 0.956. The highest BCUT2D eigenvalue weighted by atomic mass is 16.5. The molecule has 0 heterocycles. The van der Waals surface area contributed by atoms with E-state index in [2.05, 4.69) is 13.0 Å². The van der Waals surface area contributed by atoms with Crippen molar-refractivity contribution >= 4 is 0 Å². The molecule has 0 unspecified atom stereocenters. The highest BCUT2D eigenvalue weighted by Gasteiger charge is 2.21. The predicted octanol–water partition coefficient (Wildman–Crippen LogP) is 2.34. The number of nitrogens with two attached hydrogens (primary N) is 1. The van der Waals surface area contributed by atoms with Crippen LogP contribution in [0.4, 0.5) is 0 Å². The van der Waals surface area contributed by atoms with Gasteiger partial charge in [0.2, 0.25) is 0 Å². The van der Waals surface area contributed by atoms with E-state index in [0.717, 1.165) is 18.6 Å². The summed E-state index contributed by atoms with van der Waals surface area (Å²) in [6.07, 6.45) is 3.42. The maximum Gasteiger partial charge on any atom is 0.123 e. The highest BCUT2D eigenvalue weighted by Crippen LogP contribution is 2.36. The molecule has 0 saturated heterocycles. The number of benzene rings is 1. The van der Waals surface area contributed by atoms with Crippen molar-refractivity contribution in [1.82, 2.24) is 0 Å². The Labute approximate surface area is 85.1 Å². The van der Waals surface area contributed by atoms with Gasteiger partial charge in [0.15, 0.2) is 0 Å². The molecule has 1 aromatic rings. The van der Waals surface area contributed by atoms with Crippen LogP contribution in [0.5, 0.6) is 5.75 Å². The second kappa shape index (κ2) is 3.62. The van der Waals surface area contributed by atoms with E-state index >= 15 is 0 Å². The summed E-state index contributed by atoms with van der Waals surface area (Å²) in [7, 11) is 1.71. The first kappa shape index (κ1) is 9.53. The molecule has 0 aromatic heterocycles. The lowest BCUT2D eigenvalue weighted by atomic mass is 9.85. The van der Waals surface area contributed by atoms with E-state index in [9.17, 15) is 0 Å². The van der Waals surface area contributed by atoms with Gasteiger partial charge in [-0.3, -0.25) is 0 Å². The quantitative estimate of drug-likeness (QED) is 0.739. The average Bonchev–Trinajstić information content (AvgIpc) is 2.20. The largest absolute Gasteiger partial charge is 0.496 e. The van der Waals surface area contributed by atoms with E-state index in [1.807, 2.05) is 6.07 Å². The molecule has 1 aliphatic rings. The molecule has 0 radical (unpaired) electrons. The van der Waals surface area contributed by atoms with Crippen LogP contribution in [0.1, 0.15) is 35.6 Å². The summed E-state index contributed by atoms with van der Waals surface area (Å²) >= 11 is 0. The van der Waals surface area contributed by atoms with Gasteiger partial charge < -0.3 is 10.5 Å². The Morgan fingerprint density at radius 2 is 2.21 bits per heavy atom. The molecule has 2 heteroatoms. The molecular weight excluding hydrogens is 174 g/mol. The standard InChI is InChI=1S/C12H17NO/c1-8-6-7-11(14-2)12-9(8)4-3-5-10(12)13/h6-7,10H,3-5,13H2,1-2H3/t10-/m1/s1. The number of hydrogen-bond donors (Lipinski definition) is 1. The molecule has 1 aliphatic carbocycles. The smallest absolute Gasteiger partial charge is 0.123 e. The third-order valence-corrected chi connectivity index (χ3v) is 3.08. The first-order valence-electron chi connectivity index (χ1n) is 5.16. The molecule has 2 N–H and O–H groups in total. The Kier molecular flexibility index (Phi) is 2.46. The Balaban J connectivity index is 2.58. The van der Waals surface area contributed by atoms with E-state index in [1.54, 1.807) is 7.11 Å². The van der Waals surface area contributed by atoms with Crippen LogP contribution in [0, 0.1) is 6.92 Å². The lowest BCUT2D eigenvalue weighted by Gasteiger charge is -2.25. The van der Waals surface area contributed by atoms with Crippen molar-refractivity contribution in [2.45, 2.75) is 32.2 Å². The van der Waals surface area contributed by atoms with Crippen LogP contribution in [0.25, 0.3) is 0 Å². The van der Waals surface area contributed by atoms with E-state index in [1.165, 1.54) is 23.1 Å². The lowest BCUT2D eigenvalue weighted by Crippen LogP contribution is -2.19. The third kappa shape index (κ3) is 1.40. The molecule has 0 fully saturated rings. The van der Waals surface area contributed by atoms with Crippen LogP contribution in [-0.4, -0.2) is 7.11 Å². The molecule has 0 saturated carbocycles. The van der Waals surface area contributed by atoms with E-state index in [0.29, 0.717) is 0 Å². The first-order chi connectivity index (χ1) is 6.74. The molecule has 2 nitrogen and oxygen atoms in total. The van der Waals surface area contributed by atoms with E-state index < -0.39 is 0 Å². The maximum atomic E-state index is 6.11. The van der Waals surface area contributed by atoms with Gasteiger partial charge in [-0.1, -0.05) is 6.07 Å². The van der Waals surface area contributed by atoms with Crippen LogP contribution in [0.3, 0.4) is 0 Å². The Morgan fingerprint density at radius 3 is 2.93 bits per heavy atom. The van der Waals surface area contributed by atoms with Gasteiger partial charge in [0, 0.05) is 11.6 Å². The van der Waals surface area contributed by atoms with Gasteiger partial charge in [-0.2, -0.15) is 0 Å². The average molecular weight is 191 g/mol.